The molecule has 0 aliphatic carbocycles. The number of carbonyl (C=O) groups excluding carboxylic acids is 1. The fraction of sp³-hybridized carbons (Fsp3) is 0.700. The van der Waals surface area contributed by atoms with Gasteiger partial charge in [-0.3, -0.25) is 4.98 Å². The van der Waals surface area contributed by atoms with Crippen LogP contribution in [-0.4, -0.2) is 53.5 Å². The molecule has 0 aromatic carbocycles. The minimum Gasteiger partial charge on any atom is -0.331 e. The first kappa shape index (κ1) is 18.2. The molecule has 25 heavy (non-hydrogen) atoms. The van der Waals surface area contributed by atoms with Crippen molar-refractivity contribution in [2.24, 2.45) is 11.8 Å². The molecule has 2 aliphatic heterocycles. The molecule has 1 aromatic rings. The van der Waals surface area contributed by atoms with E-state index in [0.717, 1.165) is 37.5 Å². The molecule has 2 fully saturated rings. The molecule has 3 heterocycles. The van der Waals surface area contributed by atoms with Crippen LogP contribution < -0.4 is 5.32 Å². The van der Waals surface area contributed by atoms with E-state index in [-0.39, 0.29) is 12.1 Å². The van der Waals surface area contributed by atoms with Crippen LogP contribution in [0, 0.1) is 11.8 Å². The second-order valence-corrected chi connectivity index (χ2v) is 7.89. The number of pyridine rings is 1. The van der Waals surface area contributed by atoms with Gasteiger partial charge in [0.25, 0.3) is 0 Å². The number of hydrogen-bond donors (Lipinski definition) is 1. The van der Waals surface area contributed by atoms with Crippen molar-refractivity contribution in [3.8, 4) is 0 Å². The summed E-state index contributed by atoms with van der Waals surface area (Å²) in [6, 6.07) is 4.00. The standard InChI is InChI=1S/C20H32N4O/c1-16-7-12-23(13-8-16)14-18-4-3-11-24(15-18)20(25)22-17(2)19-5-9-21-10-6-19/h5-6,9-10,16-18H,3-4,7-8,11-15H2,1-2H3,(H,22,25). The number of piperidine rings is 2. The maximum absolute atomic E-state index is 12.6. The molecular formula is C20H32N4O. The highest BCUT2D eigenvalue weighted by molar-refractivity contribution is 5.74. The van der Waals surface area contributed by atoms with E-state index >= 15 is 0 Å². The number of likely N-dealkylation sites (tertiary alicyclic amines) is 2. The van der Waals surface area contributed by atoms with Crippen molar-refractivity contribution in [2.75, 3.05) is 32.7 Å². The molecule has 3 rings (SSSR count). The first-order valence-corrected chi connectivity index (χ1v) is 9.79. The van der Waals surface area contributed by atoms with E-state index in [1.54, 1.807) is 12.4 Å². The predicted octanol–water partition coefficient (Wildman–Crippen LogP) is 3.30. The fourth-order valence-corrected chi connectivity index (χ4v) is 4.02. The van der Waals surface area contributed by atoms with E-state index in [1.807, 2.05) is 24.0 Å². The molecule has 1 aromatic heterocycles. The van der Waals surface area contributed by atoms with Gasteiger partial charge in [-0.1, -0.05) is 6.92 Å². The lowest BCUT2D eigenvalue weighted by Crippen LogP contribution is -2.48. The third kappa shape index (κ3) is 5.18. The van der Waals surface area contributed by atoms with Gasteiger partial charge in [-0.15, -0.1) is 0 Å². The van der Waals surface area contributed by atoms with E-state index in [4.69, 9.17) is 0 Å². The summed E-state index contributed by atoms with van der Waals surface area (Å²) in [7, 11) is 0. The van der Waals surface area contributed by atoms with Crippen LogP contribution >= 0.6 is 0 Å². The number of nitrogens with zero attached hydrogens (tertiary/aromatic N) is 3. The average molecular weight is 345 g/mol. The zero-order valence-electron chi connectivity index (χ0n) is 15.7. The van der Waals surface area contributed by atoms with Gasteiger partial charge in [0.1, 0.15) is 0 Å². The third-order valence-electron chi connectivity index (χ3n) is 5.74. The minimum absolute atomic E-state index is 0.0134. The summed E-state index contributed by atoms with van der Waals surface area (Å²) in [5.41, 5.74) is 1.10. The number of amides is 2. The molecule has 2 amide bonds. The largest absolute Gasteiger partial charge is 0.331 e. The number of rotatable bonds is 4. The Morgan fingerprint density at radius 3 is 2.68 bits per heavy atom. The number of nitrogens with one attached hydrogen (secondary N) is 1. The second-order valence-electron chi connectivity index (χ2n) is 7.89. The molecule has 0 radical (unpaired) electrons. The Balaban J connectivity index is 1.48. The number of hydrogen-bond acceptors (Lipinski definition) is 3. The van der Waals surface area contributed by atoms with Gasteiger partial charge in [-0.25, -0.2) is 4.79 Å². The minimum atomic E-state index is 0.0134. The summed E-state index contributed by atoms with van der Waals surface area (Å²) in [5, 5.41) is 3.14. The van der Waals surface area contributed by atoms with E-state index < -0.39 is 0 Å². The molecule has 2 aliphatic rings. The van der Waals surface area contributed by atoms with Gasteiger partial charge in [0.05, 0.1) is 6.04 Å². The van der Waals surface area contributed by atoms with Crippen molar-refractivity contribution in [1.82, 2.24) is 20.1 Å². The van der Waals surface area contributed by atoms with Gasteiger partial charge in [-0.2, -0.15) is 0 Å². The van der Waals surface area contributed by atoms with Crippen LogP contribution in [0.1, 0.15) is 51.1 Å². The SMILES string of the molecule is CC1CCN(CC2CCCN(C(=O)NC(C)c3ccncc3)C2)CC1. The van der Waals surface area contributed by atoms with E-state index in [0.29, 0.717) is 5.92 Å². The van der Waals surface area contributed by atoms with Gasteiger partial charge < -0.3 is 15.1 Å². The summed E-state index contributed by atoms with van der Waals surface area (Å²) >= 11 is 0. The lowest BCUT2D eigenvalue weighted by molar-refractivity contribution is 0.119. The second kappa shape index (κ2) is 8.65. The van der Waals surface area contributed by atoms with Crippen LogP contribution in [-0.2, 0) is 0 Å². The van der Waals surface area contributed by atoms with Crippen LogP contribution in [0.4, 0.5) is 4.79 Å². The highest BCUT2D eigenvalue weighted by Gasteiger charge is 2.27. The van der Waals surface area contributed by atoms with Crippen molar-refractivity contribution < 1.29 is 4.79 Å². The van der Waals surface area contributed by atoms with Crippen LogP contribution in [0.2, 0.25) is 0 Å². The Kier molecular flexibility index (Phi) is 6.29. The molecule has 0 spiro atoms. The molecule has 0 bridgehead atoms. The van der Waals surface area contributed by atoms with Gasteiger partial charge in [0.15, 0.2) is 0 Å². The smallest absolute Gasteiger partial charge is 0.317 e. The highest BCUT2D eigenvalue weighted by atomic mass is 16.2. The Labute approximate surface area is 151 Å². The van der Waals surface area contributed by atoms with Gasteiger partial charge in [0.2, 0.25) is 0 Å². The number of aromatic nitrogens is 1. The van der Waals surface area contributed by atoms with E-state index in [2.05, 4.69) is 22.1 Å². The Morgan fingerprint density at radius 2 is 1.96 bits per heavy atom. The molecule has 0 saturated carbocycles. The van der Waals surface area contributed by atoms with E-state index in [9.17, 15) is 4.79 Å². The van der Waals surface area contributed by atoms with Crippen molar-refractivity contribution in [3.05, 3.63) is 30.1 Å². The lowest BCUT2D eigenvalue weighted by atomic mass is 9.94. The predicted molar refractivity (Wildman–Crippen MR) is 100 cm³/mol. The normalized spacial score (nSPS) is 24.1. The maximum Gasteiger partial charge on any atom is 0.317 e. The Hall–Kier alpha value is -1.62. The first-order valence-electron chi connectivity index (χ1n) is 9.79. The summed E-state index contributed by atoms with van der Waals surface area (Å²) in [4.78, 5) is 21.3. The molecule has 1 N–H and O–H groups in total. The monoisotopic (exact) mass is 344 g/mol. The van der Waals surface area contributed by atoms with Crippen molar-refractivity contribution in [1.29, 1.82) is 0 Å². The summed E-state index contributed by atoms with van der Waals surface area (Å²) in [6.45, 7) is 9.75. The van der Waals surface area contributed by atoms with Gasteiger partial charge >= 0.3 is 6.03 Å². The zero-order valence-corrected chi connectivity index (χ0v) is 15.7. The Bertz CT molecular complexity index is 542. The average Bonchev–Trinajstić information content (AvgIpc) is 2.64. The number of carbonyl (C=O) groups is 1. The fourth-order valence-electron chi connectivity index (χ4n) is 4.02. The molecule has 2 saturated heterocycles. The van der Waals surface area contributed by atoms with Crippen molar-refractivity contribution in [2.45, 2.75) is 45.6 Å². The molecule has 5 nitrogen and oxygen atoms in total. The summed E-state index contributed by atoms with van der Waals surface area (Å²) < 4.78 is 0. The molecule has 2 unspecified atom stereocenters. The summed E-state index contributed by atoms with van der Waals surface area (Å²) in [5.74, 6) is 1.49. The third-order valence-corrected chi connectivity index (χ3v) is 5.74. The zero-order chi connectivity index (χ0) is 17.6. The quantitative estimate of drug-likeness (QED) is 0.912. The lowest BCUT2D eigenvalue weighted by Gasteiger charge is -2.38. The molecule has 2 atom stereocenters. The van der Waals surface area contributed by atoms with Crippen LogP contribution in [0.25, 0.3) is 0 Å². The topological polar surface area (TPSA) is 48.5 Å². The first-order chi connectivity index (χ1) is 12.1. The van der Waals surface area contributed by atoms with Gasteiger partial charge in [0, 0.05) is 32.0 Å². The number of urea groups is 1. The van der Waals surface area contributed by atoms with Gasteiger partial charge in [-0.05, 0) is 75.2 Å². The van der Waals surface area contributed by atoms with E-state index in [1.165, 1.54) is 32.4 Å². The highest BCUT2D eigenvalue weighted by Crippen LogP contribution is 2.22. The van der Waals surface area contributed by atoms with Crippen molar-refractivity contribution in [3.63, 3.8) is 0 Å². The molecular weight excluding hydrogens is 312 g/mol. The maximum atomic E-state index is 12.6. The Morgan fingerprint density at radius 1 is 1.24 bits per heavy atom. The molecule has 5 heteroatoms. The molecule has 138 valence electrons. The summed E-state index contributed by atoms with van der Waals surface area (Å²) in [6.07, 6.45) is 8.55. The van der Waals surface area contributed by atoms with Crippen LogP contribution in [0.3, 0.4) is 0 Å². The van der Waals surface area contributed by atoms with Crippen molar-refractivity contribution >= 4 is 6.03 Å². The van der Waals surface area contributed by atoms with Crippen LogP contribution in [0.15, 0.2) is 24.5 Å². The van der Waals surface area contributed by atoms with Crippen LogP contribution in [0.5, 0.6) is 0 Å².